The van der Waals surface area contributed by atoms with Crippen LogP contribution in [0.25, 0.3) is 0 Å². The molecule has 2 nitrogen and oxygen atoms in total. The SMILES string of the molecule is CC(N)Cc1cc(Cl)ccc1OCc1ccc(F)c(Br)c1. The quantitative estimate of drug-likeness (QED) is 0.825. The van der Waals surface area contributed by atoms with Gasteiger partial charge in [-0.3, -0.25) is 0 Å². The third-order valence-corrected chi connectivity index (χ3v) is 3.79. The molecule has 0 heterocycles. The summed E-state index contributed by atoms with van der Waals surface area (Å²) in [6, 6.07) is 10.3. The molecule has 21 heavy (non-hydrogen) atoms. The van der Waals surface area contributed by atoms with Gasteiger partial charge in [0.2, 0.25) is 0 Å². The van der Waals surface area contributed by atoms with Crippen LogP contribution in [0.4, 0.5) is 4.39 Å². The number of hydrogen-bond acceptors (Lipinski definition) is 2. The standard InChI is InChI=1S/C16H16BrClFNO/c1-10(20)6-12-8-13(18)3-5-16(12)21-9-11-2-4-15(19)14(17)7-11/h2-5,7-8,10H,6,9,20H2,1H3. The van der Waals surface area contributed by atoms with E-state index in [1.54, 1.807) is 18.2 Å². The van der Waals surface area contributed by atoms with Gasteiger partial charge in [0, 0.05) is 11.1 Å². The van der Waals surface area contributed by atoms with Gasteiger partial charge in [-0.25, -0.2) is 4.39 Å². The molecule has 0 aromatic heterocycles. The molecular formula is C16H16BrClFNO. The van der Waals surface area contributed by atoms with E-state index in [1.165, 1.54) is 6.07 Å². The second-order valence-electron chi connectivity index (χ2n) is 4.97. The van der Waals surface area contributed by atoms with Crippen LogP contribution in [-0.4, -0.2) is 6.04 Å². The molecule has 0 saturated heterocycles. The molecule has 5 heteroatoms. The van der Waals surface area contributed by atoms with Crippen LogP contribution >= 0.6 is 27.5 Å². The molecule has 1 atom stereocenters. The van der Waals surface area contributed by atoms with Crippen LogP contribution in [0.5, 0.6) is 5.75 Å². The number of rotatable bonds is 5. The minimum Gasteiger partial charge on any atom is -0.489 e. The van der Waals surface area contributed by atoms with E-state index in [9.17, 15) is 4.39 Å². The molecule has 0 aliphatic rings. The lowest BCUT2D eigenvalue weighted by Crippen LogP contribution is -2.18. The van der Waals surface area contributed by atoms with Crippen molar-refractivity contribution in [3.8, 4) is 5.75 Å². The molecule has 112 valence electrons. The molecule has 0 radical (unpaired) electrons. The Hall–Kier alpha value is -1.10. The maximum atomic E-state index is 13.2. The van der Waals surface area contributed by atoms with Crippen molar-refractivity contribution in [1.82, 2.24) is 0 Å². The van der Waals surface area contributed by atoms with Crippen LogP contribution in [-0.2, 0) is 13.0 Å². The van der Waals surface area contributed by atoms with E-state index in [1.807, 2.05) is 19.1 Å². The molecule has 2 N–H and O–H groups in total. The van der Waals surface area contributed by atoms with Gasteiger partial charge in [0.1, 0.15) is 18.2 Å². The molecule has 0 spiro atoms. The summed E-state index contributed by atoms with van der Waals surface area (Å²) in [5.41, 5.74) is 7.69. The second kappa shape index (κ2) is 7.25. The Morgan fingerprint density at radius 3 is 2.71 bits per heavy atom. The third kappa shape index (κ3) is 4.70. The van der Waals surface area contributed by atoms with Crippen LogP contribution in [0.15, 0.2) is 40.9 Å². The highest BCUT2D eigenvalue weighted by atomic mass is 79.9. The first-order valence-electron chi connectivity index (χ1n) is 6.56. The Labute approximate surface area is 137 Å². The zero-order chi connectivity index (χ0) is 15.4. The molecule has 2 aromatic rings. The number of nitrogens with two attached hydrogens (primary N) is 1. The number of ether oxygens (including phenoxy) is 1. The van der Waals surface area contributed by atoms with Crippen LogP contribution in [0.1, 0.15) is 18.1 Å². The molecule has 0 bridgehead atoms. The Kier molecular flexibility index (Phi) is 5.62. The summed E-state index contributed by atoms with van der Waals surface area (Å²) >= 11 is 9.18. The van der Waals surface area contributed by atoms with Gasteiger partial charge in [-0.1, -0.05) is 17.7 Å². The van der Waals surface area contributed by atoms with Gasteiger partial charge in [-0.05, 0) is 70.7 Å². The molecule has 0 saturated carbocycles. The average molecular weight is 373 g/mol. The smallest absolute Gasteiger partial charge is 0.137 e. The minimum atomic E-state index is -0.289. The van der Waals surface area contributed by atoms with E-state index >= 15 is 0 Å². The van der Waals surface area contributed by atoms with Crippen molar-refractivity contribution in [3.63, 3.8) is 0 Å². The molecule has 1 unspecified atom stereocenters. The van der Waals surface area contributed by atoms with Crippen molar-refractivity contribution < 1.29 is 9.13 Å². The van der Waals surface area contributed by atoms with Crippen molar-refractivity contribution in [2.75, 3.05) is 0 Å². The summed E-state index contributed by atoms with van der Waals surface area (Å²) in [6.07, 6.45) is 0.684. The van der Waals surface area contributed by atoms with Crippen LogP contribution < -0.4 is 10.5 Å². The average Bonchev–Trinajstić information content (AvgIpc) is 2.41. The van der Waals surface area contributed by atoms with E-state index in [2.05, 4.69) is 15.9 Å². The normalized spacial score (nSPS) is 12.2. The fourth-order valence-corrected chi connectivity index (χ4v) is 2.61. The van der Waals surface area contributed by atoms with Gasteiger partial charge in [0.25, 0.3) is 0 Å². The maximum absolute atomic E-state index is 13.2. The molecule has 0 aliphatic carbocycles. The van der Waals surface area contributed by atoms with E-state index in [4.69, 9.17) is 22.1 Å². The summed E-state index contributed by atoms with van der Waals surface area (Å²) in [5.74, 6) is 0.458. The van der Waals surface area contributed by atoms with Gasteiger partial charge in [-0.15, -0.1) is 0 Å². The van der Waals surface area contributed by atoms with Crippen molar-refractivity contribution in [2.24, 2.45) is 5.73 Å². The first-order chi connectivity index (χ1) is 9.95. The largest absolute Gasteiger partial charge is 0.489 e. The van der Waals surface area contributed by atoms with Crippen LogP contribution in [0, 0.1) is 5.82 Å². The van der Waals surface area contributed by atoms with E-state index in [0.717, 1.165) is 16.9 Å². The second-order valence-corrected chi connectivity index (χ2v) is 6.26. The molecule has 0 fully saturated rings. The van der Waals surface area contributed by atoms with Crippen molar-refractivity contribution in [1.29, 1.82) is 0 Å². The maximum Gasteiger partial charge on any atom is 0.137 e. The summed E-state index contributed by atoms with van der Waals surface area (Å²) in [5, 5.41) is 0.655. The Morgan fingerprint density at radius 2 is 2.05 bits per heavy atom. The number of halogens is 3. The molecule has 0 aliphatic heterocycles. The number of benzene rings is 2. The highest BCUT2D eigenvalue weighted by molar-refractivity contribution is 9.10. The molecular weight excluding hydrogens is 357 g/mol. The summed E-state index contributed by atoms with van der Waals surface area (Å²) in [4.78, 5) is 0. The predicted molar refractivity (Wildman–Crippen MR) is 87.2 cm³/mol. The minimum absolute atomic E-state index is 0.0192. The van der Waals surface area contributed by atoms with Gasteiger partial charge in [0.15, 0.2) is 0 Å². The van der Waals surface area contributed by atoms with Crippen molar-refractivity contribution >= 4 is 27.5 Å². The highest BCUT2D eigenvalue weighted by Crippen LogP contribution is 2.25. The number of hydrogen-bond donors (Lipinski definition) is 1. The highest BCUT2D eigenvalue weighted by Gasteiger charge is 2.08. The Bertz CT molecular complexity index is 634. The van der Waals surface area contributed by atoms with Gasteiger partial charge in [-0.2, -0.15) is 0 Å². The first kappa shape index (κ1) is 16.3. The molecule has 0 amide bonds. The van der Waals surface area contributed by atoms with E-state index in [-0.39, 0.29) is 11.9 Å². The lowest BCUT2D eigenvalue weighted by Gasteiger charge is -2.14. The predicted octanol–water partition coefficient (Wildman–Crippen LogP) is 4.71. The fraction of sp³-hybridized carbons (Fsp3) is 0.250. The van der Waals surface area contributed by atoms with Gasteiger partial charge < -0.3 is 10.5 Å². The van der Waals surface area contributed by atoms with Gasteiger partial charge >= 0.3 is 0 Å². The Balaban J connectivity index is 2.13. The summed E-state index contributed by atoms with van der Waals surface area (Å²) < 4.78 is 19.4. The third-order valence-electron chi connectivity index (χ3n) is 2.94. The molecule has 2 aromatic carbocycles. The summed E-state index contributed by atoms with van der Waals surface area (Å²) in [6.45, 7) is 2.29. The van der Waals surface area contributed by atoms with Crippen LogP contribution in [0.3, 0.4) is 0 Å². The lowest BCUT2D eigenvalue weighted by molar-refractivity contribution is 0.302. The Morgan fingerprint density at radius 1 is 1.29 bits per heavy atom. The van der Waals surface area contributed by atoms with E-state index in [0.29, 0.717) is 22.5 Å². The monoisotopic (exact) mass is 371 g/mol. The van der Waals surface area contributed by atoms with Crippen molar-refractivity contribution in [3.05, 3.63) is 62.8 Å². The van der Waals surface area contributed by atoms with Crippen LogP contribution in [0.2, 0.25) is 5.02 Å². The first-order valence-corrected chi connectivity index (χ1v) is 7.73. The zero-order valence-electron chi connectivity index (χ0n) is 11.6. The zero-order valence-corrected chi connectivity index (χ0v) is 13.9. The lowest BCUT2D eigenvalue weighted by atomic mass is 10.1. The fourth-order valence-electron chi connectivity index (χ4n) is 1.99. The molecule has 2 rings (SSSR count). The summed E-state index contributed by atoms with van der Waals surface area (Å²) in [7, 11) is 0. The van der Waals surface area contributed by atoms with Gasteiger partial charge in [0.05, 0.1) is 4.47 Å². The topological polar surface area (TPSA) is 35.2 Å². The van der Waals surface area contributed by atoms with E-state index < -0.39 is 0 Å². The van der Waals surface area contributed by atoms with Crippen molar-refractivity contribution in [2.45, 2.75) is 26.0 Å².